The third-order valence-corrected chi connectivity index (χ3v) is 4.35. The molecule has 112 valence electrons. The van der Waals surface area contributed by atoms with Gasteiger partial charge in [-0.25, -0.2) is 4.79 Å². The SMILES string of the molecule is CC(C)CCN(C(=O)O)C(C)C(O)c1ccccc1I. The lowest BCUT2D eigenvalue weighted by atomic mass is 10.0. The molecule has 2 atom stereocenters. The van der Waals surface area contributed by atoms with Crippen molar-refractivity contribution in [3.05, 3.63) is 33.4 Å². The Balaban J connectivity index is 2.86. The van der Waals surface area contributed by atoms with E-state index in [1.54, 1.807) is 6.92 Å². The Kier molecular flexibility index (Phi) is 6.75. The van der Waals surface area contributed by atoms with Crippen LogP contribution in [0.25, 0.3) is 0 Å². The van der Waals surface area contributed by atoms with E-state index in [4.69, 9.17) is 0 Å². The van der Waals surface area contributed by atoms with E-state index >= 15 is 0 Å². The number of aliphatic hydroxyl groups excluding tert-OH is 1. The number of hydrogen-bond donors (Lipinski definition) is 2. The molecule has 1 rings (SSSR count). The number of aliphatic hydroxyl groups is 1. The van der Waals surface area contributed by atoms with Gasteiger partial charge in [-0.2, -0.15) is 0 Å². The second-order valence-electron chi connectivity index (χ2n) is 5.37. The van der Waals surface area contributed by atoms with Gasteiger partial charge in [0, 0.05) is 10.1 Å². The molecule has 1 amide bonds. The fourth-order valence-corrected chi connectivity index (χ4v) is 2.72. The smallest absolute Gasteiger partial charge is 0.407 e. The first-order chi connectivity index (χ1) is 9.34. The lowest BCUT2D eigenvalue weighted by Crippen LogP contribution is -2.42. The molecule has 4 nitrogen and oxygen atoms in total. The van der Waals surface area contributed by atoms with E-state index in [0.29, 0.717) is 12.5 Å². The van der Waals surface area contributed by atoms with Gasteiger partial charge in [0.05, 0.1) is 6.04 Å². The Morgan fingerprint density at radius 2 is 1.90 bits per heavy atom. The van der Waals surface area contributed by atoms with Gasteiger partial charge in [0.25, 0.3) is 0 Å². The van der Waals surface area contributed by atoms with Gasteiger partial charge < -0.3 is 15.1 Å². The second kappa shape index (κ2) is 7.83. The predicted molar refractivity (Wildman–Crippen MR) is 87.8 cm³/mol. The van der Waals surface area contributed by atoms with Crippen LogP contribution in [0.15, 0.2) is 24.3 Å². The zero-order valence-corrected chi connectivity index (χ0v) is 14.2. The summed E-state index contributed by atoms with van der Waals surface area (Å²) >= 11 is 2.16. The third-order valence-electron chi connectivity index (χ3n) is 3.37. The van der Waals surface area contributed by atoms with Crippen LogP contribution in [0.4, 0.5) is 4.79 Å². The van der Waals surface area contributed by atoms with Crippen LogP contribution in [-0.2, 0) is 0 Å². The minimum Gasteiger partial charge on any atom is -0.465 e. The summed E-state index contributed by atoms with van der Waals surface area (Å²) in [5.41, 5.74) is 0.774. The monoisotopic (exact) mass is 391 g/mol. The van der Waals surface area contributed by atoms with Gasteiger partial charge in [0.2, 0.25) is 0 Å². The topological polar surface area (TPSA) is 60.8 Å². The molecule has 0 aliphatic heterocycles. The summed E-state index contributed by atoms with van der Waals surface area (Å²) < 4.78 is 0.943. The number of carbonyl (C=O) groups is 1. The van der Waals surface area contributed by atoms with Crippen molar-refractivity contribution in [3.63, 3.8) is 0 Å². The highest BCUT2D eigenvalue weighted by Crippen LogP contribution is 2.25. The van der Waals surface area contributed by atoms with Crippen LogP contribution in [0, 0.1) is 9.49 Å². The number of benzene rings is 1. The van der Waals surface area contributed by atoms with E-state index < -0.39 is 18.2 Å². The van der Waals surface area contributed by atoms with Gasteiger partial charge in [-0.3, -0.25) is 0 Å². The zero-order chi connectivity index (χ0) is 15.3. The average Bonchev–Trinajstić information content (AvgIpc) is 2.37. The largest absolute Gasteiger partial charge is 0.465 e. The zero-order valence-electron chi connectivity index (χ0n) is 12.1. The van der Waals surface area contributed by atoms with Crippen molar-refractivity contribution in [1.82, 2.24) is 4.90 Å². The number of carboxylic acid groups (broad SMARTS) is 1. The maximum absolute atomic E-state index is 11.4. The fraction of sp³-hybridized carbons (Fsp3) is 0.533. The van der Waals surface area contributed by atoms with E-state index in [-0.39, 0.29) is 0 Å². The molecule has 0 aromatic heterocycles. The van der Waals surface area contributed by atoms with Crippen molar-refractivity contribution < 1.29 is 15.0 Å². The molecular formula is C15H22INO3. The summed E-state index contributed by atoms with van der Waals surface area (Å²) in [4.78, 5) is 12.7. The molecule has 0 bridgehead atoms. The first-order valence-corrected chi connectivity index (χ1v) is 7.84. The molecule has 0 aliphatic rings. The molecular weight excluding hydrogens is 369 g/mol. The first-order valence-electron chi connectivity index (χ1n) is 6.76. The van der Waals surface area contributed by atoms with E-state index in [2.05, 4.69) is 36.4 Å². The molecule has 0 saturated heterocycles. The fourth-order valence-electron chi connectivity index (χ4n) is 2.02. The molecule has 0 saturated carbocycles. The molecule has 0 heterocycles. The number of rotatable bonds is 6. The maximum atomic E-state index is 11.4. The molecule has 20 heavy (non-hydrogen) atoms. The number of hydrogen-bond acceptors (Lipinski definition) is 2. The van der Waals surface area contributed by atoms with Gasteiger partial charge in [-0.05, 0) is 53.5 Å². The van der Waals surface area contributed by atoms with Gasteiger partial charge in [-0.1, -0.05) is 32.0 Å². The van der Waals surface area contributed by atoms with Crippen molar-refractivity contribution >= 4 is 28.7 Å². The lowest BCUT2D eigenvalue weighted by Gasteiger charge is -2.31. The molecule has 0 fully saturated rings. The number of amides is 1. The van der Waals surface area contributed by atoms with Crippen molar-refractivity contribution in [1.29, 1.82) is 0 Å². The Morgan fingerprint density at radius 3 is 2.40 bits per heavy atom. The molecule has 5 heteroatoms. The van der Waals surface area contributed by atoms with Crippen LogP contribution in [0.2, 0.25) is 0 Å². The summed E-state index contributed by atoms with van der Waals surface area (Å²) in [7, 11) is 0. The summed E-state index contributed by atoms with van der Waals surface area (Å²) in [5.74, 6) is 0.429. The van der Waals surface area contributed by atoms with Gasteiger partial charge in [0.15, 0.2) is 0 Å². The van der Waals surface area contributed by atoms with Crippen LogP contribution in [0.1, 0.15) is 38.9 Å². The molecule has 1 aromatic carbocycles. The normalized spacial score (nSPS) is 14.1. The molecule has 0 radical (unpaired) electrons. The summed E-state index contributed by atoms with van der Waals surface area (Å²) in [6, 6.07) is 7.03. The van der Waals surface area contributed by atoms with Crippen LogP contribution >= 0.6 is 22.6 Å². The highest BCUT2D eigenvalue weighted by Gasteiger charge is 2.27. The Morgan fingerprint density at radius 1 is 1.30 bits per heavy atom. The van der Waals surface area contributed by atoms with Crippen LogP contribution < -0.4 is 0 Å². The molecule has 0 aliphatic carbocycles. The van der Waals surface area contributed by atoms with Crippen LogP contribution in [0.5, 0.6) is 0 Å². The minimum atomic E-state index is -0.983. The Bertz CT molecular complexity index is 450. The third kappa shape index (κ3) is 4.63. The summed E-state index contributed by atoms with van der Waals surface area (Å²) in [6.07, 6.45) is -1.01. The van der Waals surface area contributed by atoms with Crippen LogP contribution in [-0.4, -0.2) is 33.8 Å². The lowest BCUT2D eigenvalue weighted by molar-refractivity contribution is 0.0529. The molecule has 1 aromatic rings. The standard InChI is InChI=1S/C15H22INO3/c1-10(2)8-9-17(15(19)20)11(3)14(18)12-6-4-5-7-13(12)16/h4-7,10-11,14,18H,8-9H2,1-3H3,(H,19,20). The second-order valence-corrected chi connectivity index (χ2v) is 6.53. The van der Waals surface area contributed by atoms with Gasteiger partial charge >= 0.3 is 6.09 Å². The molecule has 2 N–H and O–H groups in total. The molecule has 2 unspecified atom stereocenters. The average molecular weight is 391 g/mol. The number of nitrogens with zero attached hydrogens (tertiary/aromatic N) is 1. The minimum absolute atomic E-state index is 0.429. The Labute approximate surface area is 133 Å². The maximum Gasteiger partial charge on any atom is 0.407 e. The van der Waals surface area contributed by atoms with Crippen molar-refractivity contribution in [2.45, 2.75) is 39.3 Å². The predicted octanol–water partition coefficient (Wildman–Crippen LogP) is 3.74. The van der Waals surface area contributed by atoms with E-state index in [0.717, 1.165) is 15.6 Å². The van der Waals surface area contributed by atoms with E-state index in [9.17, 15) is 15.0 Å². The molecule has 0 spiro atoms. The Hall–Kier alpha value is -0.820. The van der Waals surface area contributed by atoms with Crippen molar-refractivity contribution in [3.8, 4) is 0 Å². The van der Waals surface area contributed by atoms with Crippen LogP contribution in [0.3, 0.4) is 0 Å². The van der Waals surface area contributed by atoms with Crippen molar-refractivity contribution in [2.24, 2.45) is 5.92 Å². The van der Waals surface area contributed by atoms with Crippen molar-refractivity contribution in [2.75, 3.05) is 6.54 Å². The highest BCUT2D eigenvalue weighted by molar-refractivity contribution is 14.1. The van der Waals surface area contributed by atoms with E-state index in [1.165, 1.54) is 4.90 Å². The van der Waals surface area contributed by atoms with Gasteiger partial charge in [0.1, 0.15) is 6.10 Å². The summed E-state index contributed by atoms with van der Waals surface area (Å²) in [6.45, 7) is 6.30. The summed E-state index contributed by atoms with van der Waals surface area (Å²) in [5, 5.41) is 19.8. The first kappa shape index (κ1) is 17.2. The van der Waals surface area contributed by atoms with Gasteiger partial charge in [-0.15, -0.1) is 0 Å². The highest BCUT2D eigenvalue weighted by atomic mass is 127. The van der Waals surface area contributed by atoms with E-state index in [1.807, 2.05) is 24.3 Å². The number of halogens is 1. The quantitative estimate of drug-likeness (QED) is 0.727.